The smallest absolute Gasteiger partial charge is 0.510 e. The van der Waals surface area contributed by atoms with Crippen molar-refractivity contribution >= 4 is 29.5 Å². The third kappa shape index (κ3) is 7.24. The van der Waals surface area contributed by atoms with Crippen molar-refractivity contribution in [1.82, 2.24) is 0 Å². The third-order valence-corrected chi connectivity index (χ3v) is 3.43. The Morgan fingerprint density at radius 3 is 2.09 bits per heavy atom. The first-order chi connectivity index (χ1) is 14.7. The average Bonchev–Trinajstić information content (AvgIpc) is 2.60. The lowest BCUT2D eigenvalue weighted by Gasteiger charge is -2.24. The zero-order chi connectivity index (χ0) is 24.3. The minimum Gasteiger partial charge on any atom is -0.510 e. The maximum Gasteiger partial charge on any atom is 0.573 e. The van der Waals surface area contributed by atoms with Crippen LogP contribution in [-0.4, -0.2) is 54.9 Å². The number of halogens is 6. The van der Waals surface area contributed by atoms with Crippen molar-refractivity contribution in [2.75, 3.05) is 7.11 Å². The zero-order valence-corrected chi connectivity index (χ0v) is 17.2. The molecule has 0 aliphatic heterocycles. The first-order valence-corrected chi connectivity index (χ1v) is 8.82. The van der Waals surface area contributed by atoms with Crippen LogP contribution in [0.5, 0.6) is 28.7 Å². The van der Waals surface area contributed by atoms with Gasteiger partial charge in [0.05, 0.1) is 7.11 Å². The quantitative estimate of drug-likeness (QED) is 0.339. The van der Waals surface area contributed by atoms with E-state index in [1.165, 1.54) is 0 Å². The van der Waals surface area contributed by atoms with Crippen LogP contribution in [0.1, 0.15) is 10.4 Å². The molecule has 0 spiro atoms. The van der Waals surface area contributed by atoms with Gasteiger partial charge in [0.25, 0.3) is 0 Å². The van der Waals surface area contributed by atoms with Crippen LogP contribution in [0.15, 0.2) is 30.3 Å². The van der Waals surface area contributed by atoms with Crippen molar-refractivity contribution in [2.45, 2.75) is 18.3 Å². The number of esters is 1. The second-order valence-corrected chi connectivity index (χ2v) is 7.12. The van der Waals surface area contributed by atoms with Gasteiger partial charge in [0.15, 0.2) is 11.5 Å². The van der Waals surface area contributed by atoms with E-state index in [4.69, 9.17) is 9.47 Å². The Hall–Kier alpha value is -3.12. The monoisotopic (exact) mass is 462 g/mol. The van der Waals surface area contributed by atoms with Gasteiger partial charge in [-0.2, -0.15) is 8.78 Å². The van der Waals surface area contributed by atoms with Gasteiger partial charge >= 0.3 is 18.9 Å². The van der Waals surface area contributed by atoms with E-state index in [-0.39, 0.29) is 11.5 Å². The molecule has 6 nitrogen and oxygen atoms in total. The molecule has 0 saturated carbocycles. The average molecular weight is 462 g/mol. The normalized spacial score (nSPS) is 11.8. The molecule has 15 heteroatoms. The van der Waals surface area contributed by atoms with Gasteiger partial charge < -0.3 is 23.7 Å². The number of ether oxygens (including phenoxy) is 5. The van der Waals surface area contributed by atoms with Crippen molar-refractivity contribution in [3.05, 3.63) is 41.7 Å². The van der Waals surface area contributed by atoms with E-state index in [0.29, 0.717) is 6.07 Å². The predicted octanol–water partition coefficient (Wildman–Crippen LogP) is 1.79. The predicted molar refractivity (Wildman–Crippen MR) is 107 cm³/mol. The lowest BCUT2D eigenvalue weighted by Crippen LogP contribution is -2.37. The SMILES string of the molecule is BC(B)(B)Oc1cc(OC(F)(F)F)ccc1Oc1cc(OC(F)F)cc(F)c1C(=O)OC. The fraction of sp³-hybridized carbons (Fsp3) is 0.235. The van der Waals surface area contributed by atoms with Gasteiger partial charge in [0.1, 0.15) is 52.2 Å². The molecular formula is C17H15B3F6O6. The van der Waals surface area contributed by atoms with E-state index < -0.39 is 52.9 Å². The molecular weight excluding hydrogens is 447 g/mol. The first kappa shape index (κ1) is 25.1. The van der Waals surface area contributed by atoms with Gasteiger partial charge in [0, 0.05) is 23.5 Å². The number of benzene rings is 2. The minimum atomic E-state index is -4.98. The topological polar surface area (TPSA) is 63.2 Å². The molecule has 2 aromatic rings. The van der Waals surface area contributed by atoms with Crippen LogP contribution in [0, 0.1) is 5.82 Å². The van der Waals surface area contributed by atoms with Gasteiger partial charge in [-0.25, -0.2) is 9.18 Å². The van der Waals surface area contributed by atoms with E-state index in [1.807, 2.05) is 0 Å². The van der Waals surface area contributed by atoms with Crippen molar-refractivity contribution in [3.8, 4) is 28.7 Å². The minimum absolute atomic E-state index is 0.268. The summed E-state index contributed by atoms with van der Waals surface area (Å²) < 4.78 is 101. The van der Waals surface area contributed by atoms with Crippen molar-refractivity contribution in [2.24, 2.45) is 0 Å². The summed E-state index contributed by atoms with van der Waals surface area (Å²) >= 11 is 0. The highest BCUT2D eigenvalue weighted by Crippen LogP contribution is 2.40. The van der Waals surface area contributed by atoms with Gasteiger partial charge in [-0.1, -0.05) is 0 Å². The summed E-state index contributed by atoms with van der Waals surface area (Å²) in [6, 6.07) is 4.07. The van der Waals surface area contributed by atoms with Gasteiger partial charge in [-0.15, -0.1) is 13.2 Å². The second-order valence-electron chi connectivity index (χ2n) is 7.12. The highest BCUT2D eigenvalue weighted by atomic mass is 19.4. The third-order valence-electron chi connectivity index (χ3n) is 3.43. The molecule has 0 unspecified atom stereocenters. The number of methoxy groups -OCH3 is 1. The fourth-order valence-electron chi connectivity index (χ4n) is 2.41. The van der Waals surface area contributed by atoms with Crippen molar-refractivity contribution in [1.29, 1.82) is 0 Å². The van der Waals surface area contributed by atoms with Crippen molar-refractivity contribution in [3.63, 3.8) is 0 Å². The molecule has 0 fully saturated rings. The summed E-state index contributed by atoms with van der Waals surface area (Å²) in [7, 11) is 5.71. The van der Waals surface area contributed by atoms with E-state index in [0.717, 1.165) is 31.4 Å². The molecule has 170 valence electrons. The molecule has 0 aromatic heterocycles. The Balaban J connectivity index is 2.57. The van der Waals surface area contributed by atoms with Crippen LogP contribution in [0.3, 0.4) is 0 Å². The molecule has 0 N–H and O–H groups in total. The van der Waals surface area contributed by atoms with Gasteiger partial charge in [-0.05, 0) is 12.1 Å². The number of carbonyl (C=O) groups excluding carboxylic acids is 1. The molecule has 0 amide bonds. The molecule has 0 aliphatic rings. The molecule has 2 rings (SSSR count). The molecule has 0 radical (unpaired) electrons. The van der Waals surface area contributed by atoms with E-state index in [2.05, 4.69) is 14.2 Å². The maximum absolute atomic E-state index is 14.4. The Kier molecular flexibility index (Phi) is 7.52. The number of hydrogen-bond donors (Lipinski definition) is 0. The molecule has 0 bridgehead atoms. The number of hydrogen-bond acceptors (Lipinski definition) is 6. The largest absolute Gasteiger partial charge is 0.573 e. The Morgan fingerprint density at radius 1 is 0.938 bits per heavy atom. The molecule has 0 heterocycles. The molecule has 2 aromatic carbocycles. The molecule has 32 heavy (non-hydrogen) atoms. The van der Waals surface area contributed by atoms with Gasteiger partial charge in [-0.3, -0.25) is 0 Å². The lowest BCUT2D eigenvalue weighted by molar-refractivity contribution is -0.274. The summed E-state index contributed by atoms with van der Waals surface area (Å²) in [6.07, 6.45) is -4.98. The van der Waals surface area contributed by atoms with Crippen LogP contribution in [0.4, 0.5) is 26.3 Å². The van der Waals surface area contributed by atoms with Crippen LogP contribution >= 0.6 is 0 Å². The van der Waals surface area contributed by atoms with Crippen LogP contribution in [0.2, 0.25) is 0 Å². The second kappa shape index (κ2) is 9.57. The molecule has 0 aliphatic carbocycles. The molecule has 0 atom stereocenters. The number of carbonyl (C=O) groups is 1. The van der Waals surface area contributed by atoms with Crippen LogP contribution < -0.4 is 18.9 Å². The lowest BCUT2D eigenvalue weighted by atomic mass is 9.52. The van der Waals surface area contributed by atoms with E-state index in [9.17, 15) is 31.1 Å². The van der Waals surface area contributed by atoms with E-state index >= 15 is 0 Å². The summed E-state index contributed by atoms with van der Waals surface area (Å²) in [5.41, 5.74) is -0.758. The van der Waals surface area contributed by atoms with Crippen LogP contribution in [-0.2, 0) is 4.74 Å². The standard InChI is InChI=1S/C17H15B3F6O6/c1-28-14(27)13-9(21)4-8(29-15(22)23)6-12(13)30-10-3-2-7(31-17(24,25)26)5-11(10)32-16(18,19)20/h2-6,15H,18-20H2,1H3. The summed E-state index contributed by atoms with van der Waals surface area (Å²) in [5.74, 6) is -4.94. The van der Waals surface area contributed by atoms with Crippen LogP contribution in [0.25, 0.3) is 0 Å². The first-order valence-electron chi connectivity index (χ1n) is 8.82. The highest BCUT2D eigenvalue weighted by Gasteiger charge is 2.32. The maximum atomic E-state index is 14.4. The van der Waals surface area contributed by atoms with Gasteiger partial charge in [0.2, 0.25) is 0 Å². The zero-order valence-electron chi connectivity index (χ0n) is 17.2. The fourth-order valence-corrected chi connectivity index (χ4v) is 2.41. The Labute approximate surface area is 180 Å². The Bertz CT molecular complexity index is 980. The number of alkyl halides is 5. The van der Waals surface area contributed by atoms with E-state index in [1.54, 1.807) is 23.5 Å². The summed E-state index contributed by atoms with van der Waals surface area (Å²) in [5, 5.41) is -0.925. The number of rotatable bonds is 8. The van der Waals surface area contributed by atoms with Crippen molar-refractivity contribution < 1.29 is 54.8 Å². The highest BCUT2D eigenvalue weighted by molar-refractivity contribution is 6.58. The Morgan fingerprint density at radius 2 is 1.56 bits per heavy atom. The molecule has 0 saturated heterocycles. The summed E-state index contributed by atoms with van der Waals surface area (Å²) in [4.78, 5) is 12.0. The summed E-state index contributed by atoms with van der Waals surface area (Å²) in [6.45, 7) is -3.30.